The van der Waals surface area contributed by atoms with Gasteiger partial charge in [-0.2, -0.15) is 0 Å². The number of benzene rings is 2. The molecule has 4 rings (SSSR count). The Balaban J connectivity index is 1.38. The number of aliphatic hydroxyl groups is 1. The fraction of sp³-hybridized carbons (Fsp3) is 0.292. The SMILES string of the molecule is CC(=O)N(C)C1CCN(c2ccc(NC(O)c3ccc(-c4cccc(Cl)c4)o3)cc2)C1. The highest BCUT2D eigenvalue weighted by Gasteiger charge is 2.27. The zero-order chi connectivity index (χ0) is 22.0. The lowest BCUT2D eigenvalue weighted by Crippen LogP contribution is -2.37. The third-order valence-corrected chi connectivity index (χ3v) is 5.98. The minimum Gasteiger partial charge on any atom is -0.456 e. The summed E-state index contributed by atoms with van der Waals surface area (Å²) in [5.74, 6) is 1.17. The van der Waals surface area contributed by atoms with Crippen LogP contribution in [0.4, 0.5) is 11.4 Å². The predicted octanol–water partition coefficient (Wildman–Crippen LogP) is 4.76. The molecule has 1 aliphatic rings. The zero-order valence-electron chi connectivity index (χ0n) is 17.6. The third kappa shape index (κ3) is 4.86. The second kappa shape index (κ2) is 9.04. The molecule has 2 unspecified atom stereocenters. The van der Waals surface area contributed by atoms with Crippen LogP contribution in [0.2, 0.25) is 5.02 Å². The first-order valence-corrected chi connectivity index (χ1v) is 10.7. The van der Waals surface area contributed by atoms with E-state index in [4.69, 9.17) is 16.0 Å². The smallest absolute Gasteiger partial charge is 0.219 e. The van der Waals surface area contributed by atoms with Crippen LogP contribution in [-0.2, 0) is 4.79 Å². The molecule has 2 heterocycles. The summed E-state index contributed by atoms with van der Waals surface area (Å²) in [6.45, 7) is 3.34. The number of carbonyl (C=O) groups excluding carboxylic acids is 1. The van der Waals surface area contributed by atoms with Crippen molar-refractivity contribution in [1.82, 2.24) is 4.90 Å². The van der Waals surface area contributed by atoms with Crippen LogP contribution in [0.5, 0.6) is 0 Å². The van der Waals surface area contributed by atoms with Crippen molar-refractivity contribution in [3.63, 3.8) is 0 Å². The fourth-order valence-electron chi connectivity index (χ4n) is 3.84. The van der Waals surface area contributed by atoms with E-state index >= 15 is 0 Å². The minimum atomic E-state index is -0.973. The van der Waals surface area contributed by atoms with Gasteiger partial charge in [0, 0.05) is 49.0 Å². The quantitative estimate of drug-likeness (QED) is 0.542. The molecule has 3 aromatic rings. The first-order valence-electron chi connectivity index (χ1n) is 10.3. The standard InChI is InChI=1S/C24H26ClN3O3/c1-16(29)27(2)21-12-13-28(15-21)20-8-6-19(7-9-20)26-24(30)23-11-10-22(31-23)17-4-3-5-18(25)14-17/h3-11,14,21,24,26,30H,12-13,15H2,1-2H3. The van der Waals surface area contributed by atoms with Crippen LogP contribution in [0, 0.1) is 0 Å². The van der Waals surface area contributed by atoms with Crippen molar-refractivity contribution in [2.24, 2.45) is 0 Å². The van der Waals surface area contributed by atoms with Gasteiger partial charge in [0.2, 0.25) is 5.91 Å². The number of aliphatic hydroxyl groups excluding tert-OH is 1. The van der Waals surface area contributed by atoms with Gasteiger partial charge in [0.05, 0.1) is 6.04 Å². The Morgan fingerprint density at radius 3 is 2.71 bits per heavy atom. The summed E-state index contributed by atoms with van der Waals surface area (Å²) in [5, 5.41) is 14.2. The van der Waals surface area contributed by atoms with Crippen molar-refractivity contribution in [2.45, 2.75) is 25.6 Å². The van der Waals surface area contributed by atoms with E-state index in [2.05, 4.69) is 10.2 Å². The molecule has 1 aromatic heterocycles. The predicted molar refractivity (Wildman–Crippen MR) is 123 cm³/mol. The van der Waals surface area contributed by atoms with Crippen LogP contribution in [0.25, 0.3) is 11.3 Å². The molecule has 1 fully saturated rings. The average Bonchev–Trinajstić information content (AvgIpc) is 3.44. The van der Waals surface area contributed by atoms with Gasteiger partial charge in [0.25, 0.3) is 0 Å². The monoisotopic (exact) mass is 439 g/mol. The number of furan rings is 1. The number of hydrogen-bond acceptors (Lipinski definition) is 5. The van der Waals surface area contributed by atoms with E-state index in [1.165, 1.54) is 0 Å². The molecular weight excluding hydrogens is 414 g/mol. The lowest BCUT2D eigenvalue weighted by atomic mass is 10.2. The summed E-state index contributed by atoms with van der Waals surface area (Å²) in [6.07, 6.45) is -0.0124. The van der Waals surface area contributed by atoms with Crippen LogP contribution in [0.15, 0.2) is 65.1 Å². The summed E-state index contributed by atoms with van der Waals surface area (Å²) in [4.78, 5) is 15.7. The summed E-state index contributed by atoms with van der Waals surface area (Å²) >= 11 is 6.04. The van der Waals surface area contributed by atoms with Crippen molar-refractivity contribution < 1.29 is 14.3 Å². The number of nitrogens with zero attached hydrogens (tertiary/aromatic N) is 2. The van der Waals surface area contributed by atoms with Gasteiger partial charge >= 0.3 is 0 Å². The largest absolute Gasteiger partial charge is 0.456 e. The highest BCUT2D eigenvalue weighted by atomic mass is 35.5. The molecular formula is C24H26ClN3O3. The van der Waals surface area contributed by atoms with Gasteiger partial charge in [-0.25, -0.2) is 0 Å². The van der Waals surface area contributed by atoms with E-state index in [0.29, 0.717) is 16.5 Å². The van der Waals surface area contributed by atoms with E-state index in [9.17, 15) is 9.90 Å². The van der Waals surface area contributed by atoms with E-state index in [0.717, 1.165) is 36.4 Å². The first-order chi connectivity index (χ1) is 14.9. The van der Waals surface area contributed by atoms with Crippen LogP contribution in [-0.4, -0.2) is 42.1 Å². The highest BCUT2D eigenvalue weighted by molar-refractivity contribution is 6.30. The van der Waals surface area contributed by atoms with Gasteiger partial charge in [-0.3, -0.25) is 4.79 Å². The van der Waals surface area contributed by atoms with Crippen molar-refractivity contribution in [1.29, 1.82) is 0 Å². The lowest BCUT2D eigenvalue weighted by Gasteiger charge is -2.24. The lowest BCUT2D eigenvalue weighted by molar-refractivity contribution is -0.129. The molecule has 2 N–H and O–H groups in total. The third-order valence-electron chi connectivity index (χ3n) is 5.75. The Morgan fingerprint density at radius 2 is 2.00 bits per heavy atom. The molecule has 0 spiro atoms. The second-order valence-electron chi connectivity index (χ2n) is 7.82. The normalized spacial score (nSPS) is 16.9. The van der Waals surface area contributed by atoms with Gasteiger partial charge in [-0.15, -0.1) is 0 Å². The molecule has 0 aliphatic carbocycles. The Bertz CT molecular complexity index is 1050. The summed E-state index contributed by atoms with van der Waals surface area (Å²) in [6, 6.07) is 19.1. The van der Waals surface area contributed by atoms with Crippen molar-refractivity contribution in [3.8, 4) is 11.3 Å². The Labute approximate surface area is 187 Å². The van der Waals surface area contributed by atoms with Crippen LogP contribution in [0.1, 0.15) is 25.3 Å². The van der Waals surface area contributed by atoms with Crippen molar-refractivity contribution in [2.75, 3.05) is 30.4 Å². The van der Waals surface area contributed by atoms with E-state index in [-0.39, 0.29) is 11.9 Å². The number of rotatable bonds is 6. The topological polar surface area (TPSA) is 69.0 Å². The van der Waals surface area contributed by atoms with E-state index in [1.807, 2.05) is 60.5 Å². The molecule has 7 heteroatoms. The molecule has 2 aromatic carbocycles. The van der Waals surface area contributed by atoms with Crippen LogP contribution >= 0.6 is 11.6 Å². The molecule has 2 atom stereocenters. The fourth-order valence-corrected chi connectivity index (χ4v) is 4.03. The number of amides is 1. The number of nitrogens with one attached hydrogen (secondary N) is 1. The molecule has 1 amide bonds. The minimum absolute atomic E-state index is 0.0943. The number of carbonyl (C=O) groups is 1. The Morgan fingerprint density at radius 1 is 1.23 bits per heavy atom. The maximum Gasteiger partial charge on any atom is 0.219 e. The van der Waals surface area contributed by atoms with Gasteiger partial charge in [-0.05, 0) is 55.0 Å². The van der Waals surface area contributed by atoms with Crippen LogP contribution in [0.3, 0.4) is 0 Å². The zero-order valence-corrected chi connectivity index (χ0v) is 18.3. The first kappa shape index (κ1) is 21.3. The Hall–Kier alpha value is -2.96. The molecule has 1 saturated heterocycles. The Kier molecular flexibility index (Phi) is 6.20. The van der Waals surface area contributed by atoms with Gasteiger partial charge in [0.15, 0.2) is 12.0 Å². The molecule has 0 bridgehead atoms. The van der Waals surface area contributed by atoms with Crippen molar-refractivity contribution in [3.05, 3.63) is 71.4 Å². The number of halogens is 1. The molecule has 162 valence electrons. The van der Waals surface area contributed by atoms with Gasteiger partial charge in [-0.1, -0.05) is 23.7 Å². The summed E-state index contributed by atoms with van der Waals surface area (Å²) in [5.41, 5.74) is 2.74. The molecule has 1 aliphatic heterocycles. The second-order valence-corrected chi connectivity index (χ2v) is 8.26. The number of likely N-dealkylation sites (N-methyl/N-ethyl adjacent to an activating group) is 1. The maximum absolute atomic E-state index is 11.6. The van der Waals surface area contributed by atoms with Gasteiger partial charge in [0.1, 0.15) is 5.76 Å². The van der Waals surface area contributed by atoms with E-state index < -0.39 is 6.23 Å². The summed E-state index contributed by atoms with van der Waals surface area (Å²) in [7, 11) is 1.86. The molecule has 6 nitrogen and oxygen atoms in total. The van der Waals surface area contributed by atoms with E-state index in [1.54, 1.807) is 19.1 Å². The average molecular weight is 440 g/mol. The molecule has 0 radical (unpaired) electrons. The highest BCUT2D eigenvalue weighted by Crippen LogP contribution is 2.29. The molecule has 0 saturated carbocycles. The molecule has 31 heavy (non-hydrogen) atoms. The van der Waals surface area contributed by atoms with Crippen LogP contribution < -0.4 is 10.2 Å². The van der Waals surface area contributed by atoms with Crippen molar-refractivity contribution >= 4 is 28.9 Å². The number of anilines is 2. The van der Waals surface area contributed by atoms with Gasteiger partial charge < -0.3 is 24.6 Å². The summed E-state index contributed by atoms with van der Waals surface area (Å²) < 4.78 is 5.81. The maximum atomic E-state index is 11.6. The number of hydrogen-bond donors (Lipinski definition) is 2.